The van der Waals surface area contributed by atoms with Crippen LogP contribution in [0.25, 0.3) is 0 Å². The molecule has 0 aliphatic heterocycles. The first-order valence-electron chi connectivity index (χ1n) is 11.2. The minimum Gasteiger partial charge on any atom is -0.301 e. The molecule has 1 aromatic rings. The van der Waals surface area contributed by atoms with Gasteiger partial charge in [-0.1, -0.05) is 109 Å². The largest absolute Gasteiger partial charge is 0.301 e. The van der Waals surface area contributed by atoms with E-state index in [0.717, 1.165) is 6.54 Å². The number of hydrogen-bond donors (Lipinski definition) is 0. The number of aliphatic imine (C=N–C) groups is 1. The second-order valence-electron chi connectivity index (χ2n) is 7.28. The van der Waals surface area contributed by atoms with Crippen molar-refractivity contribution < 1.29 is 0 Å². The highest BCUT2D eigenvalue weighted by atomic mass is 14.7. The lowest BCUT2D eigenvalue weighted by Crippen LogP contribution is -1.84. The van der Waals surface area contributed by atoms with Crippen molar-refractivity contribution in [3.8, 4) is 0 Å². The van der Waals surface area contributed by atoms with Crippen LogP contribution in [0.3, 0.4) is 0 Å². The van der Waals surface area contributed by atoms with E-state index in [2.05, 4.69) is 23.6 Å². The van der Waals surface area contributed by atoms with Crippen LogP contribution in [-0.2, 0) is 0 Å². The smallest absolute Gasteiger partial charge is 0.0382 e. The van der Waals surface area contributed by atoms with E-state index < -0.39 is 0 Å². The predicted molar refractivity (Wildman–Crippen MR) is 118 cm³/mol. The van der Waals surface area contributed by atoms with Gasteiger partial charge in [0.1, 0.15) is 0 Å². The molecule has 0 saturated carbocycles. The van der Waals surface area contributed by atoms with Crippen LogP contribution < -0.4 is 0 Å². The van der Waals surface area contributed by atoms with Gasteiger partial charge in [0.05, 0.1) is 0 Å². The quantitative estimate of drug-likeness (QED) is 0.204. The van der Waals surface area contributed by atoms with Crippen LogP contribution in [-0.4, -0.2) is 18.2 Å². The van der Waals surface area contributed by atoms with Gasteiger partial charge in [-0.25, -0.2) is 0 Å². The Morgan fingerprint density at radius 3 is 1.23 bits per heavy atom. The summed E-state index contributed by atoms with van der Waals surface area (Å²) in [5.74, 6) is 0. The molecular weight excluding hydrogens is 316 g/mol. The summed E-state index contributed by atoms with van der Waals surface area (Å²) in [6.07, 6.45) is 26.3. The molecule has 0 aromatic carbocycles. The van der Waals surface area contributed by atoms with Gasteiger partial charge in [0.2, 0.25) is 0 Å². The monoisotopic (exact) mass is 360 g/mol. The fraction of sp³-hybridized carbons (Fsp3) is 0.750. The molecule has 1 rings (SSSR count). The van der Waals surface area contributed by atoms with Gasteiger partial charge < -0.3 is 4.99 Å². The van der Waals surface area contributed by atoms with Crippen molar-refractivity contribution in [2.75, 3.05) is 6.54 Å². The first kappa shape index (κ1) is 24.8. The predicted octanol–water partition coefficient (Wildman–Crippen LogP) is 8.03. The van der Waals surface area contributed by atoms with Crippen LogP contribution in [0.4, 0.5) is 0 Å². The van der Waals surface area contributed by atoms with Crippen molar-refractivity contribution in [1.82, 2.24) is 4.98 Å². The Morgan fingerprint density at radius 2 is 0.962 bits per heavy atom. The standard InChI is InChI=1S/C19H39N.C5H5N/c1-3-4-5-6-7-8-9-10-11-12-13-14-15-16-17-18-19-20-2;1-2-4-6-5-3-1/h2-19H2,1H3;1-5H. The van der Waals surface area contributed by atoms with E-state index in [1.54, 1.807) is 12.4 Å². The van der Waals surface area contributed by atoms with Crippen LogP contribution in [0.5, 0.6) is 0 Å². The molecule has 0 spiro atoms. The van der Waals surface area contributed by atoms with Crippen molar-refractivity contribution in [2.24, 2.45) is 4.99 Å². The highest BCUT2D eigenvalue weighted by Gasteiger charge is 1.94. The number of hydrogen-bond acceptors (Lipinski definition) is 2. The highest BCUT2D eigenvalue weighted by molar-refractivity contribution is 5.22. The summed E-state index contributed by atoms with van der Waals surface area (Å²) < 4.78 is 0. The minimum atomic E-state index is 0.957. The molecule has 0 N–H and O–H groups in total. The van der Waals surface area contributed by atoms with Gasteiger partial charge in [-0.2, -0.15) is 0 Å². The fourth-order valence-corrected chi connectivity index (χ4v) is 3.08. The van der Waals surface area contributed by atoms with Gasteiger partial charge in [-0.15, -0.1) is 0 Å². The van der Waals surface area contributed by atoms with Crippen molar-refractivity contribution in [1.29, 1.82) is 0 Å². The maximum absolute atomic E-state index is 3.89. The van der Waals surface area contributed by atoms with Crippen molar-refractivity contribution >= 4 is 6.72 Å². The molecule has 0 fully saturated rings. The molecule has 2 heteroatoms. The second-order valence-corrected chi connectivity index (χ2v) is 7.28. The van der Waals surface area contributed by atoms with E-state index in [4.69, 9.17) is 0 Å². The number of pyridine rings is 1. The van der Waals surface area contributed by atoms with Gasteiger partial charge in [0.15, 0.2) is 0 Å². The summed E-state index contributed by atoms with van der Waals surface area (Å²) in [6, 6.07) is 5.72. The average molecular weight is 361 g/mol. The molecule has 150 valence electrons. The Morgan fingerprint density at radius 1 is 0.577 bits per heavy atom. The van der Waals surface area contributed by atoms with E-state index in [1.165, 1.54) is 103 Å². The van der Waals surface area contributed by atoms with Crippen LogP contribution in [0.2, 0.25) is 0 Å². The normalized spacial score (nSPS) is 10.2. The third-order valence-corrected chi connectivity index (χ3v) is 4.74. The molecule has 0 aliphatic carbocycles. The van der Waals surface area contributed by atoms with E-state index in [9.17, 15) is 0 Å². The van der Waals surface area contributed by atoms with E-state index >= 15 is 0 Å². The van der Waals surface area contributed by atoms with Crippen molar-refractivity contribution in [3.05, 3.63) is 30.6 Å². The topological polar surface area (TPSA) is 25.2 Å². The molecule has 0 amide bonds. The molecule has 1 heterocycles. The Kier molecular flexibility index (Phi) is 22.7. The average Bonchev–Trinajstić information content (AvgIpc) is 2.69. The SMILES string of the molecule is C=NCCCCCCCCCCCCCCCCCC.c1ccncc1. The van der Waals surface area contributed by atoms with E-state index in [0.29, 0.717) is 0 Å². The van der Waals surface area contributed by atoms with Crippen LogP contribution in [0.1, 0.15) is 110 Å². The summed E-state index contributed by atoms with van der Waals surface area (Å²) in [4.78, 5) is 7.67. The second kappa shape index (κ2) is 23.8. The molecule has 1 aromatic heterocycles. The third kappa shape index (κ3) is 22.8. The van der Waals surface area contributed by atoms with Crippen molar-refractivity contribution in [2.45, 2.75) is 110 Å². The number of nitrogens with zero attached hydrogens (tertiary/aromatic N) is 2. The van der Waals surface area contributed by atoms with E-state index in [1.807, 2.05) is 18.2 Å². The summed E-state index contributed by atoms with van der Waals surface area (Å²) in [5.41, 5.74) is 0. The third-order valence-electron chi connectivity index (χ3n) is 4.74. The fourth-order valence-electron chi connectivity index (χ4n) is 3.08. The lowest BCUT2D eigenvalue weighted by Gasteiger charge is -2.03. The first-order chi connectivity index (χ1) is 12.9. The zero-order valence-corrected chi connectivity index (χ0v) is 17.5. The first-order valence-corrected chi connectivity index (χ1v) is 11.2. The molecular formula is C24H44N2. The molecule has 26 heavy (non-hydrogen) atoms. The molecule has 0 radical (unpaired) electrons. The lowest BCUT2D eigenvalue weighted by atomic mass is 10.0. The maximum atomic E-state index is 3.89. The Balaban J connectivity index is 0.000000867. The highest BCUT2D eigenvalue weighted by Crippen LogP contribution is 2.13. The Labute approximate surface area is 163 Å². The lowest BCUT2D eigenvalue weighted by molar-refractivity contribution is 0.530. The summed E-state index contributed by atoms with van der Waals surface area (Å²) in [5, 5.41) is 0. The Hall–Kier alpha value is -1.18. The zero-order chi connectivity index (χ0) is 19.0. The minimum absolute atomic E-state index is 0.957. The summed E-state index contributed by atoms with van der Waals surface area (Å²) >= 11 is 0. The summed E-state index contributed by atoms with van der Waals surface area (Å²) in [7, 11) is 0. The van der Waals surface area contributed by atoms with E-state index in [-0.39, 0.29) is 0 Å². The van der Waals surface area contributed by atoms with Crippen molar-refractivity contribution in [3.63, 3.8) is 0 Å². The van der Waals surface area contributed by atoms with Gasteiger partial charge in [-0.05, 0) is 25.3 Å². The zero-order valence-electron chi connectivity index (χ0n) is 17.5. The maximum Gasteiger partial charge on any atom is 0.0382 e. The summed E-state index contributed by atoms with van der Waals surface area (Å²) in [6.45, 7) is 6.76. The van der Waals surface area contributed by atoms with Gasteiger partial charge in [-0.3, -0.25) is 4.98 Å². The van der Waals surface area contributed by atoms with Gasteiger partial charge in [0.25, 0.3) is 0 Å². The van der Waals surface area contributed by atoms with Gasteiger partial charge in [0, 0.05) is 18.9 Å². The number of rotatable bonds is 17. The molecule has 0 saturated heterocycles. The molecule has 0 atom stereocenters. The molecule has 0 bridgehead atoms. The Bertz CT molecular complexity index is 324. The van der Waals surface area contributed by atoms with Crippen LogP contribution >= 0.6 is 0 Å². The van der Waals surface area contributed by atoms with Crippen LogP contribution in [0, 0.1) is 0 Å². The van der Waals surface area contributed by atoms with Gasteiger partial charge >= 0.3 is 0 Å². The molecule has 2 nitrogen and oxygen atoms in total. The van der Waals surface area contributed by atoms with Crippen LogP contribution in [0.15, 0.2) is 35.6 Å². The molecule has 0 unspecified atom stereocenters. The number of aromatic nitrogens is 1. The number of unbranched alkanes of at least 4 members (excludes halogenated alkanes) is 15. The molecule has 0 aliphatic rings.